The van der Waals surface area contributed by atoms with Crippen LogP contribution in [0.5, 0.6) is 0 Å². The van der Waals surface area contributed by atoms with Crippen LogP contribution in [0.3, 0.4) is 0 Å². The van der Waals surface area contributed by atoms with Crippen molar-refractivity contribution in [2.45, 2.75) is 69.6 Å². The van der Waals surface area contributed by atoms with Crippen LogP contribution in [0.1, 0.15) is 58.3 Å². The molecule has 0 spiro atoms. The van der Waals surface area contributed by atoms with Crippen LogP contribution in [0.25, 0.3) is 0 Å². The van der Waals surface area contributed by atoms with E-state index < -0.39 is 9.84 Å². The Bertz CT molecular complexity index is 380. The maximum Gasteiger partial charge on any atom is 0.153 e. The maximum absolute atomic E-state index is 12.5. The van der Waals surface area contributed by atoms with Crippen molar-refractivity contribution in [2.24, 2.45) is 11.8 Å². The molecule has 0 aromatic heterocycles. The van der Waals surface area contributed by atoms with E-state index in [2.05, 4.69) is 12.2 Å². The van der Waals surface area contributed by atoms with E-state index in [-0.39, 0.29) is 5.25 Å². The number of hydrogen-bond donors (Lipinski definition) is 1. The summed E-state index contributed by atoms with van der Waals surface area (Å²) >= 11 is 0. The molecule has 0 aromatic carbocycles. The van der Waals surface area contributed by atoms with Crippen LogP contribution in [0, 0.1) is 11.8 Å². The number of rotatable bonds is 5. The van der Waals surface area contributed by atoms with Gasteiger partial charge in [-0.2, -0.15) is 0 Å². The van der Waals surface area contributed by atoms with Gasteiger partial charge in [-0.1, -0.05) is 26.2 Å². The van der Waals surface area contributed by atoms with Gasteiger partial charge in [0.05, 0.1) is 11.0 Å². The molecule has 19 heavy (non-hydrogen) atoms. The van der Waals surface area contributed by atoms with Gasteiger partial charge in [0, 0.05) is 6.04 Å². The van der Waals surface area contributed by atoms with E-state index >= 15 is 0 Å². The summed E-state index contributed by atoms with van der Waals surface area (Å²) in [5, 5.41) is 3.29. The monoisotopic (exact) mass is 287 g/mol. The number of sulfone groups is 1. The van der Waals surface area contributed by atoms with Crippen LogP contribution in [0.2, 0.25) is 0 Å². The van der Waals surface area contributed by atoms with Gasteiger partial charge < -0.3 is 5.32 Å². The number of hydrogen-bond acceptors (Lipinski definition) is 3. The first kappa shape index (κ1) is 15.3. The Balaban J connectivity index is 1.86. The van der Waals surface area contributed by atoms with Gasteiger partial charge in [0.2, 0.25) is 0 Å². The molecule has 0 heterocycles. The van der Waals surface area contributed by atoms with E-state index in [0.29, 0.717) is 23.6 Å². The molecule has 4 heteroatoms. The van der Waals surface area contributed by atoms with Crippen LogP contribution in [-0.4, -0.2) is 32.5 Å². The van der Waals surface area contributed by atoms with Crippen LogP contribution >= 0.6 is 0 Å². The number of nitrogens with one attached hydrogen (secondary N) is 1. The predicted octanol–water partition coefficient (Wildman–Crippen LogP) is 2.76. The minimum absolute atomic E-state index is 0.0503. The highest BCUT2D eigenvalue weighted by atomic mass is 32.2. The van der Waals surface area contributed by atoms with Crippen molar-refractivity contribution < 1.29 is 8.42 Å². The first-order valence-corrected chi connectivity index (χ1v) is 9.63. The highest BCUT2D eigenvalue weighted by Crippen LogP contribution is 2.32. The van der Waals surface area contributed by atoms with Gasteiger partial charge in [0.1, 0.15) is 0 Å². The largest absolute Gasteiger partial charge is 0.317 e. The molecular weight excluding hydrogens is 258 g/mol. The van der Waals surface area contributed by atoms with Crippen LogP contribution in [0.15, 0.2) is 0 Å². The third kappa shape index (κ3) is 3.94. The van der Waals surface area contributed by atoms with Crippen LogP contribution < -0.4 is 5.32 Å². The third-order valence-electron chi connectivity index (χ3n) is 5.20. The Morgan fingerprint density at radius 1 is 1.11 bits per heavy atom. The van der Waals surface area contributed by atoms with Gasteiger partial charge in [0.15, 0.2) is 9.84 Å². The topological polar surface area (TPSA) is 46.2 Å². The van der Waals surface area contributed by atoms with Gasteiger partial charge in [0.25, 0.3) is 0 Å². The van der Waals surface area contributed by atoms with Gasteiger partial charge in [-0.25, -0.2) is 8.42 Å². The van der Waals surface area contributed by atoms with Crippen molar-refractivity contribution in [3.05, 3.63) is 0 Å². The second-order valence-electron chi connectivity index (χ2n) is 6.64. The van der Waals surface area contributed by atoms with E-state index in [4.69, 9.17) is 0 Å². The molecule has 3 nitrogen and oxygen atoms in total. The van der Waals surface area contributed by atoms with Gasteiger partial charge in [-0.3, -0.25) is 0 Å². The molecule has 0 amide bonds. The molecule has 2 aliphatic carbocycles. The predicted molar refractivity (Wildman–Crippen MR) is 80.0 cm³/mol. The lowest BCUT2D eigenvalue weighted by Gasteiger charge is -2.27. The summed E-state index contributed by atoms with van der Waals surface area (Å²) in [6.45, 7) is 2.19. The van der Waals surface area contributed by atoms with Crippen molar-refractivity contribution in [1.82, 2.24) is 5.32 Å². The standard InChI is InChI=1S/C15H29NO2S/c1-12-5-3-7-14(11-12)19(17,18)10-9-13-6-4-8-15(13)16-2/h12-16H,3-11H2,1-2H3. The molecule has 2 saturated carbocycles. The summed E-state index contributed by atoms with van der Waals surface area (Å²) in [7, 11) is -0.863. The van der Waals surface area contributed by atoms with E-state index in [1.807, 2.05) is 7.05 Å². The molecule has 112 valence electrons. The van der Waals surface area contributed by atoms with E-state index in [9.17, 15) is 8.42 Å². The van der Waals surface area contributed by atoms with Crippen molar-refractivity contribution in [3.63, 3.8) is 0 Å². The molecule has 2 rings (SSSR count). The second-order valence-corrected chi connectivity index (χ2v) is 9.04. The zero-order chi connectivity index (χ0) is 13.9. The maximum atomic E-state index is 12.5. The summed E-state index contributed by atoms with van der Waals surface area (Å²) in [5.74, 6) is 1.57. The second kappa shape index (κ2) is 6.57. The van der Waals surface area contributed by atoms with Crippen molar-refractivity contribution in [1.29, 1.82) is 0 Å². The summed E-state index contributed by atoms with van der Waals surface area (Å²) in [6, 6.07) is 0.542. The average molecular weight is 287 g/mol. The highest BCUT2D eigenvalue weighted by molar-refractivity contribution is 7.92. The normalized spacial score (nSPS) is 36.5. The summed E-state index contributed by atoms with van der Waals surface area (Å²) < 4.78 is 24.9. The minimum atomic E-state index is -2.86. The molecule has 2 fully saturated rings. The van der Waals surface area contributed by atoms with Crippen molar-refractivity contribution in [2.75, 3.05) is 12.8 Å². The Hall–Kier alpha value is -0.0900. The molecule has 4 atom stereocenters. The lowest BCUT2D eigenvalue weighted by molar-refractivity contribution is 0.378. The van der Waals surface area contributed by atoms with Gasteiger partial charge in [-0.15, -0.1) is 0 Å². The third-order valence-corrected chi connectivity index (χ3v) is 7.45. The highest BCUT2D eigenvalue weighted by Gasteiger charge is 2.32. The van der Waals surface area contributed by atoms with Crippen molar-refractivity contribution in [3.8, 4) is 0 Å². The van der Waals surface area contributed by atoms with E-state index in [1.54, 1.807) is 0 Å². The molecule has 2 aliphatic rings. The smallest absolute Gasteiger partial charge is 0.153 e. The van der Waals surface area contributed by atoms with Gasteiger partial charge >= 0.3 is 0 Å². The Morgan fingerprint density at radius 2 is 1.84 bits per heavy atom. The lowest BCUT2D eigenvalue weighted by Crippen LogP contribution is -2.33. The van der Waals surface area contributed by atoms with Crippen LogP contribution in [0.4, 0.5) is 0 Å². The summed E-state index contributed by atoms with van der Waals surface area (Å²) in [6.07, 6.45) is 8.60. The molecule has 0 bridgehead atoms. The first-order valence-electron chi connectivity index (χ1n) is 7.91. The van der Waals surface area contributed by atoms with E-state index in [0.717, 1.165) is 25.7 Å². The zero-order valence-corrected chi connectivity index (χ0v) is 13.2. The Labute approximate surface area is 118 Å². The molecule has 0 aromatic rings. The molecule has 0 radical (unpaired) electrons. The molecule has 0 saturated heterocycles. The molecule has 1 N–H and O–H groups in total. The fourth-order valence-corrected chi connectivity index (χ4v) is 6.06. The average Bonchev–Trinajstić information content (AvgIpc) is 2.84. The molecular formula is C15H29NO2S. The van der Waals surface area contributed by atoms with Crippen LogP contribution in [-0.2, 0) is 9.84 Å². The SMILES string of the molecule is CNC1CCCC1CCS(=O)(=O)C1CCCC(C)C1. The quantitative estimate of drug-likeness (QED) is 0.845. The van der Waals surface area contributed by atoms with Gasteiger partial charge in [-0.05, 0) is 51.0 Å². The fraction of sp³-hybridized carbons (Fsp3) is 1.00. The minimum Gasteiger partial charge on any atom is -0.317 e. The summed E-state index contributed by atoms with van der Waals surface area (Å²) in [4.78, 5) is 0. The molecule has 4 unspecified atom stereocenters. The first-order chi connectivity index (χ1) is 9.03. The zero-order valence-electron chi connectivity index (χ0n) is 12.4. The summed E-state index contributed by atoms with van der Waals surface area (Å²) in [5.41, 5.74) is 0. The molecule has 0 aliphatic heterocycles. The Morgan fingerprint density at radius 3 is 2.53 bits per heavy atom. The lowest BCUT2D eigenvalue weighted by atomic mass is 9.91. The fourth-order valence-electron chi connectivity index (χ4n) is 3.95. The Kier molecular flexibility index (Phi) is 5.29. The van der Waals surface area contributed by atoms with Crippen molar-refractivity contribution >= 4 is 9.84 Å². The van der Waals surface area contributed by atoms with E-state index in [1.165, 1.54) is 25.7 Å².